The van der Waals surface area contributed by atoms with Gasteiger partial charge < -0.3 is 4.52 Å². The highest BCUT2D eigenvalue weighted by atomic mass is 16.5. The molecule has 0 spiro atoms. The summed E-state index contributed by atoms with van der Waals surface area (Å²) < 4.78 is 5.54. The van der Waals surface area contributed by atoms with Crippen LogP contribution in [0.5, 0.6) is 0 Å². The normalized spacial score (nSPS) is 17.9. The second-order valence-electron chi connectivity index (χ2n) is 7.25. The molecule has 4 rings (SSSR count). The largest absolute Gasteiger partial charge is 0.338 e. The van der Waals surface area contributed by atoms with Crippen molar-refractivity contribution in [3.8, 4) is 0 Å². The fourth-order valence-corrected chi connectivity index (χ4v) is 3.83. The van der Waals surface area contributed by atoms with Crippen LogP contribution in [0.2, 0.25) is 0 Å². The second-order valence-corrected chi connectivity index (χ2v) is 7.25. The highest BCUT2D eigenvalue weighted by Crippen LogP contribution is 2.23. The number of nitrogens with zero attached hydrogens (tertiary/aromatic N) is 4. The third kappa shape index (κ3) is 5.01. The summed E-state index contributed by atoms with van der Waals surface area (Å²) in [7, 11) is 0. The van der Waals surface area contributed by atoms with E-state index in [9.17, 15) is 0 Å². The molecule has 1 fully saturated rings. The maximum atomic E-state index is 5.54. The Morgan fingerprint density at radius 3 is 2.78 bits per heavy atom. The van der Waals surface area contributed by atoms with Gasteiger partial charge in [-0.3, -0.25) is 9.88 Å². The molecule has 0 saturated carbocycles. The molecule has 5 nitrogen and oxygen atoms in total. The van der Waals surface area contributed by atoms with Crippen LogP contribution in [0.4, 0.5) is 0 Å². The summed E-state index contributed by atoms with van der Waals surface area (Å²) in [6.07, 6.45) is 8.51. The molecule has 0 aliphatic carbocycles. The van der Waals surface area contributed by atoms with Crippen LogP contribution in [0.3, 0.4) is 0 Å². The first-order chi connectivity index (χ1) is 13.4. The first-order valence-corrected chi connectivity index (χ1v) is 9.86. The number of benzene rings is 1. The first kappa shape index (κ1) is 17.9. The van der Waals surface area contributed by atoms with E-state index in [1.165, 1.54) is 30.5 Å². The van der Waals surface area contributed by atoms with Gasteiger partial charge in [-0.05, 0) is 49.9 Å². The number of aryl methyl sites for hydroxylation is 1. The first-order valence-electron chi connectivity index (χ1n) is 9.86. The molecule has 0 N–H and O–H groups in total. The fourth-order valence-electron chi connectivity index (χ4n) is 3.83. The van der Waals surface area contributed by atoms with E-state index in [2.05, 4.69) is 44.3 Å². The van der Waals surface area contributed by atoms with E-state index in [-0.39, 0.29) is 0 Å². The zero-order valence-electron chi connectivity index (χ0n) is 15.6. The summed E-state index contributed by atoms with van der Waals surface area (Å²) in [5.41, 5.74) is 2.38. The summed E-state index contributed by atoms with van der Waals surface area (Å²) in [5, 5.41) is 4.17. The Hall–Kier alpha value is -2.53. The van der Waals surface area contributed by atoms with Crippen LogP contribution >= 0.6 is 0 Å². The van der Waals surface area contributed by atoms with E-state index in [0.717, 1.165) is 37.6 Å². The van der Waals surface area contributed by atoms with Crippen molar-refractivity contribution in [2.45, 2.75) is 51.1 Å². The van der Waals surface area contributed by atoms with Gasteiger partial charge in [-0.25, -0.2) is 0 Å². The Kier molecular flexibility index (Phi) is 5.89. The molecule has 0 amide bonds. The van der Waals surface area contributed by atoms with E-state index in [1.807, 2.05) is 30.5 Å². The van der Waals surface area contributed by atoms with Gasteiger partial charge in [-0.2, -0.15) is 4.98 Å². The van der Waals surface area contributed by atoms with Gasteiger partial charge in [-0.15, -0.1) is 0 Å². The van der Waals surface area contributed by atoms with Gasteiger partial charge in [0.05, 0.1) is 6.54 Å². The molecule has 1 aromatic carbocycles. The van der Waals surface area contributed by atoms with E-state index in [1.54, 1.807) is 0 Å². The lowest BCUT2D eigenvalue weighted by Gasteiger charge is -2.34. The molecule has 0 unspecified atom stereocenters. The van der Waals surface area contributed by atoms with E-state index >= 15 is 0 Å². The Morgan fingerprint density at radius 2 is 1.93 bits per heavy atom. The number of aromatic nitrogens is 3. The molecule has 2 aromatic heterocycles. The standard InChI is InChI=1S/C22H26N4O/c1-2-8-18(9-3-1)16-21-24-22(27-25-21)17-26-15-7-5-11-20(26)13-12-19-10-4-6-14-23-19/h1-4,6,8-10,14,20H,5,7,11-13,15-17H2/t20-/m1/s1. The monoisotopic (exact) mass is 362 g/mol. The number of rotatable bonds is 7. The number of piperidine rings is 1. The van der Waals surface area contributed by atoms with Gasteiger partial charge in [0, 0.05) is 24.4 Å². The summed E-state index contributed by atoms with van der Waals surface area (Å²) >= 11 is 0. The molecular formula is C22H26N4O. The SMILES string of the molecule is c1ccc(Cc2noc(CN3CCCC[C@@H]3CCc3ccccn3)n2)cc1. The number of likely N-dealkylation sites (tertiary alicyclic amines) is 1. The van der Waals surface area contributed by atoms with E-state index in [0.29, 0.717) is 12.5 Å². The minimum absolute atomic E-state index is 0.560. The zero-order chi connectivity index (χ0) is 18.3. The molecule has 1 saturated heterocycles. The minimum atomic E-state index is 0.560. The zero-order valence-corrected chi connectivity index (χ0v) is 15.6. The van der Waals surface area contributed by atoms with Crippen LogP contribution in [0.15, 0.2) is 59.3 Å². The van der Waals surface area contributed by atoms with Crippen LogP contribution < -0.4 is 0 Å². The summed E-state index contributed by atoms with van der Waals surface area (Å²) in [6, 6.07) is 17.0. The Morgan fingerprint density at radius 1 is 1.04 bits per heavy atom. The molecule has 5 heteroatoms. The van der Waals surface area contributed by atoms with Crippen molar-refractivity contribution in [2.75, 3.05) is 6.54 Å². The molecule has 0 radical (unpaired) electrons. The van der Waals surface area contributed by atoms with Gasteiger partial charge in [-0.1, -0.05) is 48.0 Å². The smallest absolute Gasteiger partial charge is 0.240 e. The Balaban J connectivity index is 1.35. The van der Waals surface area contributed by atoms with Crippen LogP contribution in [0.25, 0.3) is 0 Å². The summed E-state index contributed by atoms with van der Waals surface area (Å²) in [4.78, 5) is 11.6. The van der Waals surface area contributed by atoms with Crippen molar-refractivity contribution in [2.24, 2.45) is 0 Å². The van der Waals surface area contributed by atoms with Gasteiger partial charge in [0.2, 0.25) is 5.89 Å². The average Bonchev–Trinajstić information content (AvgIpc) is 3.16. The predicted molar refractivity (Wildman–Crippen MR) is 104 cm³/mol. The van der Waals surface area contributed by atoms with Gasteiger partial charge in [0.1, 0.15) is 0 Å². The van der Waals surface area contributed by atoms with Crippen molar-refractivity contribution in [1.82, 2.24) is 20.0 Å². The molecule has 3 aromatic rings. The second kappa shape index (κ2) is 8.91. The molecular weight excluding hydrogens is 336 g/mol. The topological polar surface area (TPSA) is 55.1 Å². The summed E-state index contributed by atoms with van der Waals surface area (Å²) in [5.74, 6) is 1.49. The van der Waals surface area contributed by atoms with Gasteiger partial charge in [0.15, 0.2) is 5.82 Å². The number of pyridine rings is 1. The third-order valence-corrected chi connectivity index (χ3v) is 5.26. The lowest BCUT2D eigenvalue weighted by Crippen LogP contribution is -2.39. The predicted octanol–water partition coefficient (Wildman–Crippen LogP) is 4.04. The van der Waals surface area contributed by atoms with E-state index < -0.39 is 0 Å². The van der Waals surface area contributed by atoms with Crippen LogP contribution in [0, 0.1) is 0 Å². The fraction of sp³-hybridized carbons (Fsp3) is 0.409. The lowest BCUT2D eigenvalue weighted by atomic mass is 9.97. The maximum absolute atomic E-state index is 5.54. The molecule has 1 atom stereocenters. The molecule has 140 valence electrons. The average molecular weight is 362 g/mol. The third-order valence-electron chi connectivity index (χ3n) is 5.26. The Labute approximate surface area is 160 Å². The highest BCUT2D eigenvalue weighted by Gasteiger charge is 2.24. The highest BCUT2D eigenvalue weighted by molar-refractivity contribution is 5.18. The van der Waals surface area contributed by atoms with Gasteiger partial charge >= 0.3 is 0 Å². The van der Waals surface area contributed by atoms with Crippen molar-refractivity contribution < 1.29 is 4.52 Å². The van der Waals surface area contributed by atoms with Crippen LogP contribution in [-0.2, 0) is 19.4 Å². The molecule has 27 heavy (non-hydrogen) atoms. The van der Waals surface area contributed by atoms with Crippen molar-refractivity contribution in [1.29, 1.82) is 0 Å². The summed E-state index contributed by atoms with van der Waals surface area (Å²) in [6.45, 7) is 1.85. The van der Waals surface area contributed by atoms with E-state index in [4.69, 9.17) is 4.52 Å². The lowest BCUT2D eigenvalue weighted by molar-refractivity contribution is 0.117. The van der Waals surface area contributed by atoms with Crippen LogP contribution in [0.1, 0.15) is 48.7 Å². The van der Waals surface area contributed by atoms with Crippen molar-refractivity contribution in [3.63, 3.8) is 0 Å². The molecule has 0 bridgehead atoms. The number of hydrogen-bond acceptors (Lipinski definition) is 5. The molecule has 1 aliphatic heterocycles. The molecule has 1 aliphatic rings. The van der Waals surface area contributed by atoms with Crippen molar-refractivity contribution in [3.05, 3.63) is 77.7 Å². The Bertz CT molecular complexity index is 819. The maximum Gasteiger partial charge on any atom is 0.240 e. The molecule has 3 heterocycles. The quantitative estimate of drug-likeness (QED) is 0.635. The van der Waals surface area contributed by atoms with Crippen LogP contribution in [-0.4, -0.2) is 32.6 Å². The minimum Gasteiger partial charge on any atom is -0.338 e. The number of hydrogen-bond donors (Lipinski definition) is 0. The van der Waals surface area contributed by atoms with Crippen molar-refractivity contribution >= 4 is 0 Å². The van der Waals surface area contributed by atoms with Gasteiger partial charge in [0.25, 0.3) is 0 Å².